The number of halogens is 1. The van der Waals surface area contributed by atoms with E-state index in [-0.39, 0.29) is 23.8 Å². The Labute approximate surface area is 184 Å². The summed E-state index contributed by atoms with van der Waals surface area (Å²) in [6.07, 6.45) is 0. The third kappa shape index (κ3) is 4.12. The average molecular weight is 432 g/mol. The van der Waals surface area contributed by atoms with E-state index in [4.69, 9.17) is 13.9 Å². The molecule has 6 heteroatoms. The molecule has 0 aliphatic heterocycles. The van der Waals surface area contributed by atoms with E-state index in [1.54, 1.807) is 43.3 Å². The largest absolute Gasteiger partial charge is 0.462 e. The fourth-order valence-corrected chi connectivity index (χ4v) is 3.55. The van der Waals surface area contributed by atoms with E-state index in [9.17, 15) is 14.0 Å². The van der Waals surface area contributed by atoms with Crippen molar-refractivity contribution >= 4 is 22.7 Å². The molecular formula is C26H21FO5. The Balaban J connectivity index is 1.77. The highest BCUT2D eigenvalue weighted by Gasteiger charge is 2.24. The maximum Gasteiger partial charge on any atom is 0.342 e. The van der Waals surface area contributed by atoms with Crippen LogP contribution in [0.1, 0.15) is 40.1 Å². The normalized spacial score (nSPS) is 10.9. The summed E-state index contributed by atoms with van der Waals surface area (Å²) < 4.78 is 30.1. The Kier molecular flexibility index (Phi) is 5.77. The fourth-order valence-electron chi connectivity index (χ4n) is 3.55. The van der Waals surface area contributed by atoms with Gasteiger partial charge in [0.15, 0.2) is 5.78 Å². The molecule has 0 aliphatic rings. The lowest BCUT2D eigenvalue weighted by Crippen LogP contribution is -2.06. The van der Waals surface area contributed by atoms with Crippen LogP contribution in [-0.4, -0.2) is 18.4 Å². The van der Waals surface area contributed by atoms with Crippen LogP contribution in [0.5, 0.6) is 11.5 Å². The number of ether oxygens (including phenoxy) is 2. The van der Waals surface area contributed by atoms with Crippen LogP contribution in [0.15, 0.2) is 65.1 Å². The summed E-state index contributed by atoms with van der Waals surface area (Å²) in [7, 11) is 0. The molecule has 5 nitrogen and oxygen atoms in total. The van der Waals surface area contributed by atoms with E-state index in [0.29, 0.717) is 39.4 Å². The zero-order valence-electron chi connectivity index (χ0n) is 17.9. The molecule has 1 heterocycles. The summed E-state index contributed by atoms with van der Waals surface area (Å²) in [5.74, 6) is 0.445. The second kappa shape index (κ2) is 8.67. The number of aryl methyl sites for hydroxylation is 1. The van der Waals surface area contributed by atoms with Crippen LogP contribution in [0.4, 0.5) is 4.39 Å². The monoisotopic (exact) mass is 432 g/mol. The van der Waals surface area contributed by atoms with Crippen molar-refractivity contribution in [2.24, 2.45) is 0 Å². The molecule has 0 spiro atoms. The molecule has 1 aromatic heterocycles. The molecule has 4 rings (SSSR count). The van der Waals surface area contributed by atoms with Gasteiger partial charge in [-0.15, -0.1) is 0 Å². The van der Waals surface area contributed by atoms with Crippen molar-refractivity contribution in [1.29, 1.82) is 0 Å². The summed E-state index contributed by atoms with van der Waals surface area (Å²) in [6, 6.07) is 16.1. The van der Waals surface area contributed by atoms with Gasteiger partial charge in [0, 0.05) is 16.5 Å². The topological polar surface area (TPSA) is 65.7 Å². The first-order valence-electron chi connectivity index (χ1n) is 10.2. The standard InChI is InChI=1S/C26H21FO5/c1-4-30-26(29)24-22-14-21(16(3)28)15(2)13-23(22)32-25(24)17-5-9-19(10-6-17)31-20-11-7-18(27)8-12-20/h5-14H,4H2,1-3H3. The second-order valence-electron chi connectivity index (χ2n) is 7.33. The quantitative estimate of drug-likeness (QED) is 0.250. The van der Waals surface area contributed by atoms with Gasteiger partial charge in [0.25, 0.3) is 0 Å². The lowest BCUT2D eigenvalue weighted by atomic mass is 9.99. The smallest absolute Gasteiger partial charge is 0.342 e. The van der Waals surface area contributed by atoms with Gasteiger partial charge in [-0.25, -0.2) is 9.18 Å². The Hall–Kier alpha value is -3.93. The zero-order chi connectivity index (χ0) is 22.8. The van der Waals surface area contributed by atoms with Crippen LogP contribution < -0.4 is 4.74 Å². The number of benzene rings is 3. The number of hydrogen-bond donors (Lipinski definition) is 0. The summed E-state index contributed by atoms with van der Waals surface area (Å²) in [6.45, 7) is 5.25. The van der Waals surface area contributed by atoms with Crippen molar-refractivity contribution < 1.29 is 27.9 Å². The van der Waals surface area contributed by atoms with Gasteiger partial charge in [0.05, 0.1) is 6.61 Å². The van der Waals surface area contributed by atoms with Gasteiger partial charge >= 0.3 is 5.97 Å². The van der Waals surface area contributed by atoms with E-state index >= 15 is 0 Å². The number of rotatable bonds is 6. The molecular weight excluding hydrogens is 411 g/mol. The van der Waals surface area contributed by atoms with Gasteiger partial charge in [-0.2, -0.15) is 0 Å². The molecule has 0 aliphatic carbocycles. The summed E-state index contributed by atoms with van der Waals surface area (Å²) >= 11 is 0. The molecule has 0 bridgehead atoms. The van der Waals surface area contributed by atoms with Crippen LogP contribution in [0.25, 0.3) is 22.3 Å². The Morgan fingerprint density at radius 1 is 0.969 bits per heavy atom. The molecule has 162 valence electrons. The van der Waals surface area contributed by atoms with Crippen molar-refractivity contribution in [3.8, 4) is 22.8 Å². The predicted octanol–water partition coefficient (Wildman–Crippen LogP) is 6.72. The Morgan fingerprint density at radius 3 is 2.19 bits per heavy atom. The van der Waals surface area contributed by atoms with Crippen LogP contribution in [0.2, 0.25) is 0 Å². The van der Waals surface area contributed by atoms with Crippen molar-refractivity contribution in [3.63, 3.8) is 0 Å². The highest BCUT2D eigenvalue weighted by molar-refractivity contribution is 6.11. The number of furan rings is 1. The summed E-state index contributed by atoms with van der Waals surface area (Å²) in [4.78, 5) is 24.8. The van der Waals surface area contributed by atoms with Crippen molar-refractivity contribution in [2.75, 3.05) is 6.61 Å². The lowest BCUT2D eigenvalue weighted by Gasteiger charge is -2.07. The number of carbonyl (C=O) groups excluding carboxylic acids is 2. The van der Waals surface area contributed by atoms with Crippen LogP contribution in [0.3, 0.4) is 0 Å². The average Bonchev–Trinajstić information content (AvgIpc) is 3.13. The highest BCUT2D eigenvalue weighted by Crippen LogP contribution is 2.37. The third-order valence-corrected chi connectivity index (χ3v) is 5.06. The van der Waals surface area contributed by atoms with Gasteiger partial charge in [-0.05, 0) is 87.0 Å². The minimum atomic E-state index is -0.522. The number of hydrogen-bond acceptors (Lipinski definition) is 5. The molecule has 0 amide bonds. The number of carbonyl (C=O) groups is 2. The van der Waals surface area contributed by atoms with Gasteiger partial charge in [0.1, 0.15) is 34.2 Å². The fraction of sp³-hybridized carbons (Fsp3) is 0.154. The number of ketones is 1. The molecule has 0 unspecified atom stereocenters. The molecule has 0 fully saturated rings. The molecule has 0 saturated heterocycles. The second-order valence-corrected chi connectivity index (χ2v) is 7.33. The highest BCUT2D eigenvalue weighted by atomic mass is 19.1. The van der Waals surface area contributed by atoms with Gasteiger partial charge in [-0.1, -0.05) is 0 Å². The van der Waals surface area contributed by atoms with Crippen LogP contribution in [-0.2, 0) is 4.74 Å². The van der Waals surface area contributed by atoms with E-state index < -0.39 is 5.97 Å². The molecule has 0 atom stereocenters. The Bertz CT molecular complexity index is 1300. The predicted molar refractivity (Wildman–Crippen MR) is 119 cm³/mol. The molecule has 32 heavy (non-hydrogen) atoms. The third-order valence-electron chi connectivity index (χ3n) is 5.06. The van der Waals surface area contributed by atoms with Crippen molar-refractivity contribution in [3.05, 3.63) is 83.2 Å². The van der Waals surface area contributed by atoms with Crippen LogP contribution in [0, 0.1) is 12.7 Å². The van der Waals surface area contributed by atoms with E-state index in [1.165, 1.54) is 31.2 Å². The van der Waals surface area contributed by atoms with Crippen molar-refractivity contribution in [2.45, 2.75) is 20.8 Å². The minimum absolute atomic E-state index is 0.0933. The number of esters is 1. The molecule has 3 aromatic carbocycles. The minimum Gasteiger partial charge on any atom is -0.462 e. The van der Waals surface area contributed by atoms with E-state index in [2.05, 4.69) is 0 Å². The van der Waals surface area contributed by atoms with Gasteiger partial charge in [-0.3, -0.25) is 4.79 Å². The first-order valence-corrected chi connectivity index (χ1v) is 10.2. The summed E-state index contributed by atoms with van der Waals surface area (Å²) in [5, 5.41) is 0.529. The van der Waals surface area contributed by atoms with Gasteiger partial charge in [0.2, 0.25) is 0 Å². The maximum atomic E-state index is 13.1. The molecule has 4 aromatic rings. The van der Waals surface area contributed by atoms with Crippen LogP contribution >= 0.6 is 0 Å². The number of fused-ring (bicyclic) bond motifs is 1. The Morgan fingerprint density at radius 2 is 1.59 bits per heavy atom. The zero-order valence-corrected chi connectivity index (χ0v) is 17.9. The first-order chi connectivity index (χ1) is 15.4. The molecule has 0 saturated carbocycles. The van der Waals surface area contributed by atoms with E-state index in [1.807, 2.05) is 6.92 Å². The SMILES string of the molecule is CCOC(=O)c1c(-c2ccc(Oc3ccc(F)cc3)cc2)oc2cc(C)c(C(C)=O)cc12. The molecule has 0 radical (unpaired) electrons. The number of Topliss-reactive ketones (excluding diaryl/α,β-unsaturated/α-hetero) is 1. The lowest BCUT2D eigenvalue weighted by molar-refractivity contribution is 0.0528. The first kappa shape index (κ1) is 21.3. The maximum absolute atomic E-state index is 13.1. The summed E-state index contributed by atoms with van der Waals surface area (Å²) in [5.41, 5.74) is 2.72. The van der Waals surface area contributed by atoms with Gasteiger partial charge < -0.3 is 13.9 Å². The van der Waals surface area contributed by atoms with Crippen molar-refractivity contribution in [1.82, 2.24) is 0 Å². The van der Waals surface area contributed by atoms with E-state index in [0.717, 1.165) is 5.56 Å². The molecule has 0 N–H and O–H groups in total.